The van der Waals surface area contributed by atoms with E-state index in [2.05, 4.69) is 15.6 Å². The lowest BCUT2D eigenvalue weighted by Gasteiger charge is -2.24. The molecule has 29 heavy (non-hydrogen) atoms. The third-order valence-corrected chi connectivity index (χ3v) is 3.98. The summed E-state index contributed by atoms with van der Waals surface area (Å²) in [5, 5.41) is 5.30. The standard InChI is InChI=1S/C21H28N4O4/c1-21(2,24-20(27)29-15-16-8-6-5-7-9-16)19(26)23-17-10-11-18(22-14-17)28-13-12-25(3)4/h5-11,14H,12-13,15H2,1-4H3,(H,23,26)(H,24,27). The zero-order valence-corrected chi connectivity index (χ0v) is 17.3. The van der Waals surface area contributed by atoms with Crippen molar-refractivity contribution in [2.24, 2.45) is 0 Å². The number of alkyl carbamates (subject to hydrolysis) is 1. The average molecular weight is 400 g/mol. The van der Waals surface area contributed by atoms with Gasteiger partial charge in [0.25, 0.3) is 0 Å². The van der Waals surface area contributed by atoms with Crippen molar-refractivity contribution in [1.82, 2.24) is 15.2 Å². The predicted octanol–water partition coefficient (Wildman–Crippen LogP) is 2.67. The summed E-state index contributed by atoms with van der Waals surface area (Å²) in [5.74, 6) is 0.0870. The molecule has 2 aromatic rings. The third kappa shape index (κ3) is 7.79. The Kier molecular flexibility index (Phi) is 7.97. The van der Waals surface area contributed by atoms with E-state index in [0.717, 1.165) is 12.1 Å². The monoisotopic (exact) mass is 400 g/mol. The molecule has 0 unspecified atom stereocenters. The second-order valence-electron chi connectivity index (χ2n) is 7.30. The fourth-order valence-corrected chi connectivity index (χ4v) is 2.23. The van der Waals surface area contributed by atoms with E-state index in [4.69, 9.17) is 9.47 Å². The summed E-state index contributed by atoms with van der Waals surface area (Å²) in [6.45, 7) is 4.62. The van der Waals surface area contributed by atoms with Crippen molar-refractivity contribution in [2.75, 3.05) is 32.6 Å². The van der Waals surface area contributed by atoms with Gasteiger partial charge in [-0.05, 0) is 39.6 Å². The van der Waals surface area contributed by atoms with E-state index in [-0.39, 0.29) is 6.61 Å². The molecule has 2 rings (SSSR count). The van der Waals surface area contributed by atoms with Crippen LogP contribution < -0.4 is 15.4 Å². The highest BCUT2D eigenvalue weighted by Gasteiger charge is 2.30. The molecule has 1 aromatic heterocycles. The fourth-order valence-electron chi connectivity index (χ4n) is 2.23. The van der Waals surface area contributed by atoms with Crippen molar-refractivity contribution in [1.29, 1.82) is 0 Å². The van der Waals surface area contributed by atoms with Gasteiger partial charge in [0.05, 0.1) is 11.9 Å². The van der Waals surface area contributed by atoms with Crippen LogP contribution in [0.1, 0.15) is 19.4 Å². The normalized spacial score (nSPS) is 11.1. The van der Waals surface area contributed by atoms with Gasteiger partial charge in [0.15, 0.2) is 0 Å². The second-order valence-corrected chi connectivity index (χ2v) is 7.30. The Morgan fingerprint density at radius 2 is 1.83 bits per heavy atom. The van der Waals surface area contributed by atoms with E-state index in [1.807, 2.05) is 49.3 Å². The Hall–Kier alpha value is -3.13. The molecule has 156 valence electrons. The number of amides is 2. The number of nitrogens with zero attached hydrogens (tertiary/aromatic N) is 2. The lowest BCUT2D eigenvalue weighted by atomic mass is 10.1. The number of carbonyl (C=O) groups is 2. The van der Waals surface area contributed by atoms with Gasteiger partial charge in [-0.2, -0.15) is 0 Å². The molecule has 0 fully saturated rings. The van der Waals surface area contributed by atoms with E-state index >= 15 is 0 Å². The number of pyridine rings is 1. The first-order valence-corrected chi connectivity index (χ1v) is 9.30. The Bertz CT molecular complexity index is 792. The van der Waals surface area contributed by atoms with Gasteiger partial charge in [-0.1, -0.05) is 30.3 Å². The number of rotatable bonds is 9. The highest BCUT2D eigenvalue weighted by atomic mass is 16.5. The Balaban J connectivity index is 1.82. The van der Waals surface area contributed by atoms with Gasteiger partial charge in [-0.15, -0.1) is 0 Å². The average Bonchev–Trinajstić information content (AvgIpc) is 2.68. The lowest BCUT2D eigenvalue weighted by Crippen LogP contribution is -2.52. The molecule has 0 bridgehead atoms. The number of hydrogen-bond donors (Lipinski definition) is 2. The minimum atomic E-state index is -1.17. The molecule has 2 amide bonds. The van der Waals surface area contributed by atoms with Crippen LogP contribution in [0.3, 0.4) is 0 Å². The fraction of sp³-hybridized carbons (Fsp3) is 0.381. The number of carbonyl (C=O) groups excluding carboxylic acids is 2. The zero-order chi connectivity index (χ0) is 21.3. The van der Waals surface area contributed by atoms with Crippen LogP contribution in [0, 0.1) is 0 Å². The molecule has 0 saturated heterocycles. The van der Waals surface area contributed by atoms with E-state index < -0.39 is 17.5 Å². The molecule has 8 nitrogen and oxygen atoms in total. The maximum absolute atomic E-state index is 12.5. The summed E-state index contributed by atoms with van der Waals surface area (Å²) in [5.41, 5.74) is 0.195. The number of nitrogens with one attached hydrogen (secondary N) is 2. The summed E-state index contributed by atoms with van der Waals surface area (Å²) >= 11 is 0. The van der Waals surface area contributed by atoms with Crippen molar-refractivity contribution >= 4 is 17.7 Å². The Morgan fingerprint density at radius 3 is 2.45 bits per heavy atom. The first kappa shape index (κ1) is 22.2. The molecule has 0 atom stereocenters. The summed E-state index contributed by atoms with van der Waals surface area (Å²) in [7, 11) is 3.92. The molecule has 1 aromatic carbocycles. The van der Waals surface area contributed by atoms with E-state index in [1.54, 1.807) is 26.0 Å². The minimum Gasteiger partial charge on any atom is -0.476 e. The van der Waals surface area contributed by atoms with Crippen molar-refractivity contribution in [3.8, 4) is 5.88 Å². The molecule has 0 aliphatic rings. The molecule has 0 spiro atoms. The predicted molar refractivity (Wildman–Crippen MR) is 111 cm³/mol. The number of benzene rings is 1. The molecule has 0 aliphatic carbocycles. The van der Waals surface area contributed by atoms with Crippen LogP contribution >= 0.6 is 0 Å². The van der Waals surface area contributed by atoms with Crippen LogP contribution in [0.5, 0.6) is 5.88 Å². The van der Waals surface area contributed by atoms with Gasteiger partial charge in [-0.3, -0.25) is 4.79 Å². The number of hydrogen-bond acceptors (Lipinski definition) is 6. The number of anilines is 1. The first-order chi connectivity index (χ1) is 13.8. The minimum absolute atomic E-state index is 0.129. The lowest BCUT2D eigenvalue weighted by molar-refractivity contribution is -0.121. The van der Waals surface area contributed by atoms with Gasteiger partial charge in [0.2, 0.25) is 11.8 Å². The molecule has 2 N–H and O–H groups in total. The van der Waals surface area contributed by atoms with Crippen LogP contribution in [0.25, 0.3) is 0 Å². The van der Waals surface area contributed by atoms with E-state index in [0.29, 0.717) is 18.2 Å². The molecular formula is C21H28N4O4. The van der Waals surface area contributed by atoms with Crippen molar-refractivity contribution in [2.45, 2.75) is 26.0 Å². The topological polar surface area (TPSA) is 92.8 Å². The zero-order valence-electron chi connectivity index (χ0n) is 17.3. The highest BCUT2D eigenvalue weighted by molar-refractivity contribution is 5.99. The van der Waals surface area contributed by atoms with Gasteiger partial charge in [0, 0.05) is 12.6 Å². The SMILES string of the molecule is CN(C)CCOc1ccc(NC(=O)C(C)(C)NC(=O)OCc2ccccc2)cn1. The highest BCUT2D eigenvalue weighted by Crippen LogP contribution is 2.14. The van der Waals surface area contributed by atoms with Gasteiger partial charge >= 0.3 is 6.09 Å². The number of aromatic nitrogens is 1. The van der Waals surface area contributed by atoms with Crippen LogP contribution in [-0.2, 0) is 16.1 Å². The number of ether oxygens (including phenoxy) is 2. The van der Waals surface area contributed by atoms with Crippen LogP contribution in [-0.4, -0.2) is 54.7 Å². The van der Waals surface area contributed by atoms with Crippen molar-refractivity contribution < 1.29 is 19.1 Å². The molecule has 0 radical (unpaired) electrons. The smallest absolute Gasteiger partial charge is 0.408 e. The van der Waals surface area contributed by atoms with Crippen molar-refractivity contribution in [3.63, 3.8) is 0 Å². The summed E-state index contributed by atoms with van der Waals surface area (Å²) in [4.78, 5) is 30.7. The van der Waals surface area contributed by atoms with Gasteiger partial charge in [-0.25, -0.2) is 9.78 Å². The van der Waals surface area contributed by atoms with Crippen molar-refractivity contribution in [3.05, 3.63) is 54.2 Å². The number of likely N-dealkylation sites (N-methyl/N-ethyl adjacent to an activating group) is 1. The molecule has 0 aliphatic heterocycles. The van der Waals surface area contributed by atoms with Gasteiger partial charge in [0.1, 0.15) is 18.8 Å². The summed E-state index contributed by atoms with van der Waals surface area (Å²) in [6, 6.07) is 12.7. The summed E-state index contributed by atoms with van der Waals surface area (Å²) < 4.78 is 10.7. The molecular weight excluding hydrogens is 372 g/mol. The van der Waals surface area contributed by atoms with Crippen LogP contribution in [0.2, 0.25) is 0 Å². The molecule has 8 heteroatoms. The second kappa shape index (κ2) is 10.4. The van der Waals surface area contributed by atoms with Crippen LogP contribution in [0.15, 0.2) is 48.7 Å². The maximum Gasteiger partial charge on any atom is 0.408 e. The maximum atomic E-state index is 12.5. The van der Waals surface area contributed by atoms with Gasteiger partial charge < -0.3 is 25.0 Å². The van der Waals surface area contributed by atoms with E-state index in [1.165, 1.54) is 6.20 Å². The third-order valence-electron chi connectivity index (χ3n) is 3.98. The Labute approximate surface area is 171 Å². The first-order valence-electron chi connectivity index (χ1n) is 9.30. The van der Waals surface area contributed by atoms with Crippen LogP contribution in [0.4, 0.5) is 10.5 Å². The summed E-state index contributed by atoms with van der Waals surface area (Å²) in [6.07, 6.45) is 0.837. The molecule has 0 saturated carbocycles. The quantitative estimate of drug-likeness (QED) is 0.672. The Morgan fingerprint density at radius 1 is 1.10 bits per heavy atom. The largest absolute Gasteiger partial charge is 0.476 e. The molecule has 1 heterocycles. The van der Waals surface area contributed by atoms with E-state index in [9.17, 15) is 9.59 Å².